The smallest absolute Gasteiger partial charge is 0.115 e. The zero-order chi connectivity index (χ0) is 19.5. The van der Waals surface area contributed by atoms with Crippen molar-refractivity contribution in [3.63, 3.8) is 0 Å². The maximum Gasteiger partial charge on any atom is 0.115 e. The normalized spacial score (nSPS) is 13.0. The molecule has 0 saturated heterocycles. The molecule has 1 aliphatic rings. The summed E-state index contributed by atoms with van der Waals surface area (Å²) in [6, 6.07) is 18.2. The predicted molar refractivity (Wildman–Crippen MR) is 117 cm³/mol. The lowest BCUT2D eigenvalue weighted by Gasteiger charge is -2.22. The number of benzene rings is 2. The van der Waals surface area contributed by atoms with Gasteiger partial charge in [-0.25, -0.2) is 4.98 Å². The van der Waals surface area contributed by atoms with Gasteiger partial charge < -0.3 is 0 Å². The zero-order valence-electron chi connectivity index (χ0n) is 15.2. The Hall–Kier alpha value is -1.99. The molecule has 140 valence electrons. The minimum Gasteiger partial charge on any atom is -0.240 e. The number of hydrogen-bond donors (Lipinski definition) is 0. The second kappa shape index (κ2) is 8.57. The Bertz CT molecular complexity index is 1040. The number of thioether (sulfide) groups is 1. The first kappa shape index (κ1) is 19.3. The lowest BCUT2D eigenvalue weighted by molar-refractivity contribution is 0.677. The molecular weight excluding hydrogens is 407 g/mol. The van der Waals surface area contributed by atoms with Gasteiger partial charge in [0.15, 0.2) is 0 Å². The molecule has 0 amide bonds. The number of nitriles is 1. The third-order valence-corrected chi connectivity index (χ3v) is 6.77. The number of pyridine rings is 1. The van der Waals surface area contributed by atoms with Gasteiger partial charge in [0.2, 0.25) is 0 Å². The summed E-state index contributed by atoms with van der Waals surface area (Å²) in [5.41, 5.74) is 6.08. The lowest BCUT2D eigenvalue weighted by Crippen LogP contribution is -2.10. The molecule has 0 atom stereocenters. The fourth-order valence-electron chi connectivity index (χ4n) is 3.66. The monoisotopic (exact) mass is 424 g/mol. The van der Waals surface area contributed by atoms with Gasteiger partial charge in [-0.15, -0.1) is 11.8 Å². The summed E-state index contributed by atoms with van der Waals surface area (Å²) in [4.78, 5) is 4.96. The van der Waals surface area contributed by atoms with Crippen LogP contribution in [0, 0.1) is 11.3 Å². The molecule has 0 radical (unpaired) electrons. The maximum atomic E-state index is 9.89. The van der Waals surface area contributed by atoms with E-state index in [2.05, 4.69) is 18.2 Å². The fraction of sp³-hybridized carbons (Fsp3) is 0.217. The van der Waals surface area contributed by atoms with Crippen molar-refractivity contribution in [2.24, 2.45) is 0 Å². The molecule has 0 unspecified atom stereocenters. The van der Waals surface area contributed by atoms with E-state index in [0.717, 1.165) is 53.1 Å². The quantitative estimate of drug-likeness (QED) is 0.419. The van der Waals surface area contributed by atoms with E-state index >= 15 is 0 Å². The standard InChI is InChI=1S/C23H18Cl2N2S/c24-20-11-6-12-21(25)19(20)14-28-23-18(13-26)16-9-4-5-10-17(16)22(27-23)15-7-2-1-3-8-15/h1-3,6-8,11-12H,4-5,9-10,14H2. The van der Waals surface area contributed by atoms with Gasteiger partial charge in [0.25, 0.3) is 0 Å². The molecule has 0 bridgehead atoms. The number of fused-ring (bicyclic) bond motifs is 1. The Morgan fingerprint density at radius 2 is 1.61 bits per heavy atom. The molecule has 0 fully saturated rings. The molecule has 0 spiro atoms. The van der Waals surface area contributed by atoms with Crippen molar-refractivity contribution in [3.05, 3.63) is 80.8 Å². The molecule has 28 heavy (non-hydrogen) atoms. The van der Waals surface area contributed by atoms with Crippen LogP contribution in [0.5, 0.6) is 0 Å². The number of rotatable bonds is 4. The second-order valence-electron chi connectivity index (χ2n) is 6.77. The van der Waals surface area contributed by atoms with E-state index in [1.165, 1.54) is 17.3 Å². The Balaban J connectivity index is 1.79. The predicted octanol–water partition coefficient (Wildman–Crippen LogP) is 7.10. The number of aromatic nitrogens is 1. The Labute approximate surface area is 179 Å². The number of nitrogens with zero attached hydrogens (tertiary/aromatic N) is 2. The van der Waals surface area contributed by atoms with E-state index in [0.29, 0.717) is 21.4 Å². The highest BCUT2D eigenvalue weighted by atomic mass is 35.5. The van der Waals surface area contributed by atoms with E-state index in [9.17, 15) is 5.26 Å². The maximum absolute atomic E-state index is 9.89. The van der Waals surface area contributed by atoms with E-state index in [1.54, 1.807) is 0 Å². The largest absolute Gasteiger partial charge is 0.240 e. The summed E-state index contributed by atoms with van der Waals surface area (Å²) >= 11 is 14.2. The van der Waals surface area contributed by atoms with Crippen molar-refractivity contribution in [2.75, 3.05) is 0 Å². The molecule has 0 saturated carbocycles. The molecule has 0 aliphatic heterocycles. The van der Waals surface area contributed by atoms with Crippen molar-refractivity contribution in [1.82, 2.24) is 4.98 Å². The van der Waals surface area contributed by atoms with E-state index in [4.69, 9.17) is 28.2 Å². The van der Waals surface area contributed by atoms with Crippen LogP contribution in [0.25, 0.3) is 11.3 Å². The fourth-order valence-corrected chi connectivity index (χ4v) is 5.41. The third-order valence-electron chi connectivity index (χ3n) is 5.06. The van der Waals surface area contributed by atoms with Crippen LogP contribution in [-0.4, -0.2) is 4.98 Å². The summed E-state index contributed by atoms with van der Waals surface area (Å²) in [6.07, 6.45) is 4.16. The molecule has 1 aromatic heterocycles. The summed E-state index contributed by atoms with van der Waals surface area (Å²) in [5, 5.41) is 11.9. The van der Waals surface area contributed by atoms with Crippen LogP contribution in [0.3, 0.4) is 0 Å². The van der Waals surface area contributed by atoms with Crippen LogP contribution in [0.4, 0.5) is 0 Å². The molecule has 0 N–H and O–H groups in total. The number of hydrogen-bond acceptors (Lipinski definition) is 3. The molecule has 1 aliphatic carbocycles. The summed E-state index contributed by atoms with van der Waals surface area (Å²) in [6.45, 7) is 0. The van der Waals surface area contributed by atoms with Crippen LogP contribution < -0.4 is 0 Å². The van der Waals surface area contributed by atoms with Gasteiger partial charge in [-0.2, -0.15) is 5.26 Å². The van der Waals surface area contributed by atoms with Gasteiger partial charge >= 0.3 is 0 Å². The SMILES string of the molecule is N#Cc1c(SCc2c(Cl)cccc2Cl)nc(-c2ccccc2)c2c1CCCC2. The van der Waals surface area contributed by atoms with Gasteiger partial charge in [-0.1, -0.05) is 59.6 Å². The van der Waals surface area contributed by atoms with Crippen LogP contribution in [-0.2, 0) is 18.6 Å². The van der Waals surface area contributed by atoms with Crippen LogP contribution in [0.2, 0.25) is 10.0 Å². The van der Waals surface area contributed by atoms with E-state index in [-0.39, 0.29) is 0 Å². The van der Waals surface area contributed by atoms with Crippen molar-refractivity contribution in [2.45, 2.75) is 36.5 Å². The lowest BCUT2D eigenvalue weighted by atomic mass is 9.86. The first-order valence-electron chi connectivity index (χ1n) is 9.26. The first-order chi connectivity index (χ1) is 13.7. The minimum atomic E-state index is 0.577. The van der Waals surface area contributed by atoms with Crippen molar-refractivity contribution < 1.29 is 0 Å². The Kier molecular flexibility index (Phi) is 5.92. The van der Waals surface area contributed by atoms with Gasteiger partial charge in [0, 0.05) is 21.4 Å². The Morgan fingerprint density at radius 1 is 0.929 bits per heavy atom. The highest BCUT2D eigenvalue weighted by Gasteiger charge is 2.23. The molecule has 1 heterocycles. The van der Waals surface area contributed by atoms with Crippen molar-refractivity contribution in [1.29, 1.82) is 5.26 Å². The summed E-state index contributed by atoms with van der Waals surface area (Å²) in [7, 11) is 0. The van der Waals surface area contributed by atoms with Crippen molar-refractivity contribution in [3.8, 4) is 17.3 Å². The topological polar surface area (TPSA) is 36.7 Å². The average molecular weight is 425 g/mol. The molecular formula is C23H18Cl2N2S. The van der Waals surface area contributed by atoms with Crippen LogP contribution >= 0.6 is 35.0 Å². The van der Waals surface area contributed by atoms with Gasteiger partial charge in [0.05, 0.1) is 11.3 Å². The van der Waals surface area contributed by atoms with Crippen LogP contribution in [0.15, 0.2) is 53.6 Å². The molecule has 5 heteroatoms. The number of halogens is 2. The molecule has 2 nitrogen and oxygen atoms in total. The minimum absolute atomic E-state index is 0.577. The Morgan fingerprint density at radius 3 is 2.29 bits per heavy atom. The summed E-state index contributed by atoms with van der Waals surface area (Å²) in [5.74, 6) is 0.577. The molecule has 2 aromatic carbocycles. The highest BCUT2D eigenvalue weighted by Crippen LogP contribution is 2.38. The second-order valence-corrected chi connectivity index (χ2v) is 8.55. The van der Waals surface area contributed by atoms with E-state index in [1.807, 2.05) is 36.4 Å². The first-order valence-corrected chi connectivity index (χ1v) is 11.0. The third kappa shape index (κ3) is 3.78. The van der Waals surface area contributed by atoms with Crippen LogP contribution in [0.1, 0.15) is 35.1 Å². The summed E-state index contributed by atoms with van der Waals surface area (Å²) < 4.78 is 0. The zero-order valence-corrected chi connectivity index (χ0v) is 17.5. The average Bonchev–Trinajstić information content (AvgIpc) is 2.73. The van der Waals surface area contributed by atoms with Gasteiger partial charge in [-0.3, -0.25) is 0 Å². The van der Waals surface area contributed by atoms with Crippen molar-refractivity contribution >= 4 is 35.0 Å². The van der Waals surface area contributed by atoms with Gasteiger partial charge in [-0.05, 0) is 54.5 Å². The molecule has 4 rings (SSSR count). The van der Waals surface area contributed by atoms with Gasteiger partial charge in [0.1, 0.15) is 11.1 Å². The molecule has 3 aromatic rings. The van der Waals surface area contributed by atoms with E-state index < -0.39 is 0 Å². The highest BCUT2D eigenvalue weighted by molar-refractivity contribution is 7.98.